The van der Waals surface area contributed by atoms with Crippen LogP contribution in [-0.4, -0.2) is 8.07 Å². The van der Waals surface area contributed by atoms with E-state index in [0.717, 1.165) is 0 Å². The first-order valence-corrected chi connectivity index (χ1v) is 16.2. The Kier molecular flexibility index (Phi) is 13.1. The summed E-state index contributed by atoms with van der Waals surface area (Å²) < 4.78 is -0.0715. The van der Waals surface area contributed by atoms with Gasteiger partial charge in [0.15, 0.2) is 0 Å². The summed E-state index contributed by atoms with van der Waals surface area (Å²) >= 11 is 2.52. The van der Waals surface area contributed by atoms with Crippen molar-refractivity contribution < 1.29 is 57.7 Å². The minimum absolute atomic E-state index is 0. The van der Waals surface area contributed by atoms with Crippen LogP contribution in [-0.2, 0) is 20.4 Å². The molecule has 4 rings (SSSR count). The Morgan fingerprint density at radius 3 is 1.18 bits per heavy atom. The average molecular weight is 632 g/mol. The smallest absolute Gasteiger partial charge is 1.00 e. The van der Waals surface area contributed by atoms with Crippen LogP contribution in [0.25, 0.3) is 0 Å². The number of hydrogen-bond donors (Lipinski definition) is 0. The van der Waals surface area contributed by atoms with E-state index in [0.29, 0.717) is 17.8 Å². The van der Waals surface area contributed by atoms with E-state index in [1.54, 1.807) is 0 Å². The number of benzene rings is 3. The summed E-state index contributed by atoms with van der Waals surface area (Å²) in [6, 6.07) is 28.8. The number of allylic oxidation sites excluding steroid dienone is 4. The van der Waals surface area contributed by atoms with Gasteiger partial charge in [0.1, 0.15) is 0 Å². The predicted octanol–water partition coefficient (Wildman–Crippen LogP) is -1.31. The predicted molar refractivity (Wildman–Crippen MR) is 156 cm³/mol. The second kappa shape index (κ2) is 14.2. The molecule has 0 aromatic heterocycles. The van der Waals surface area contributed by atoms with Crippen molar-refractivity contribution in [3.05, 3.63) is 113 Å². The second-order valence-electron chi connectivity index (χ2n) is 11.5. The summed E-state index contributed by atoms with van der Waals surface area (Å²) in [6.45, 7) is 18.5. The topological polar surface area (TPSA) is 0 Å². The third-order valence-electron chi connectivity index (χ3n) is 8.32. The van der Waals surface area contributed by atoms with E-state index in [4.69, 9.17) is 0 Å². The van der Waals surface area contributed by atoms with Crippen molar-refractivity contribution >= 4 is 23.6 Å². The van der Waals surface area contributed by atoms with Gasteiger partial charge in [0, 0.05) is 0 Å². The summed E-state index contributed by atoms with van der Waals surface area (Å²) in [5.74, 6) is 1.47. The van der Waals surface area contributed by atoms with Crippen LogP contribution in [0.5, 0.6) is 0 Å². The van der Waals surface area contributed by atoms with Crippen LogP contribution >= 0.6 is 0 Å². The quantitative estimate of drug-likeness (QED) is 0.225. The van der Waals surface area contributed by atoms with Crippen molar-refractivity contribution in [1.82, 2.24) is 0 Å². The van der Waals surface area contributed by atoms with Gasteiger partial charge in [0.2, 0.25) is 0 Å². The van der Waals surface area contributed by atoms with Crippen LogP contribution < -0.4 is 52.8 Å². The van der Waals surface area contributed by atoms with Crippen molar-refractivity contribution in [2.45, 2.75) is 76.5 Å². The Bertz CT molecular complexity index is 1200. The molecule has 0 saturated heterocycles. The Morgan fingerprint density at radius 2 is 0.923 bits per heavy atom. The molecule has 0 heterocycles. The van der Waals surface area contributed by atoms with Crippen LogP contribution in [0.2, 0.25) is 3.34 Å². The Balaban J connectivity index is 0.00000253. The molecule has 206 valence electrons. The van der Waals surface area contributed by atoms with Gasteiger partial charge in [-0.2, -0.15) is 0 Å². The molecule has 3 aromatic carbocycles. The van der Waals surface area contributed by atoms with Gasteiger partial charge in [-0.25, -0.2) is 0 Å². The molecule has 1 aliphatic rings. The van der Waals surface area contributed by atoms with E-state index in [1.165, 1.54) is 43.4 Å². The molecule has 0 aliphatic heterocycles. The van der Waals surface area contributed by atoms with Gasteiger partial charge in [0.05, 0.1) is 0 Å². The fourth-order valence-electron chi connectivity index (χ4n) is 5.79. The Hall–Kier alpha value is -1.06. The van der Waals surface area contributed by atoms with Crippen LogP contribution in [0.3, 0.4) is 0 Å². The van der Waals surface area contributed by atoms with Crippen molar-refractivity contribution in [1.29, 1.82) is 0 Å². The monoisotopic (exact) mass is 630 g/mol. The third-order valence-corrected chi connectivity index (χ3v) is 16.2. The maximum atomic E-state index is 2.54. The molecule has 39 heavy (non-hydrogen) atoms. The van der Waals surface area contributed by atoms with Crippen molar-refractivity contribution in [3.63, 3.8) is 0 Å². The number of halogens is 3. The summed E-state index contributed by atoms with van der Waals surface area (Å²) in [5.41, 5.74) is 7.19. The van der Waals surface area contributed by atoms with E-state index in [9.17, 15) is 0 Å². The van der Waals surface area contributed by atoms with Crippen molar-refractivity contribution in [2.24, 2.45) is 0 Å². The summed E-state index contributed by atoms with van der Waals surface area (Å²) in [7, 11) is -2.60. The standard InChI is InChI=1S/C34H41Si.3ClH.Ti/c1-23(2)28-12-9-15-31(20-28)35(34-19-18-26(7)27(34)8,32-16-10-13-29(21-32)24(3)4)33-17-11-14-30(22-33)25(5)6;;;;/h9-25H,1-8H3;3*1H;/q;;;;+3/p-3. The first-order valence-electron chi connectivity index (χ1n) is 13.5. The molecule has 1 atom stereocenters. The van der Waals surface area contributed by atoms with E-state index in [1.807, 2.05) is 0 Å². The molecule has 1 unspecified atom stereocenters. The zero-order chi connectivity index (χ0) is 26.3. The molecule has 5 heteroatoms. The maximum absolute atomic E-state index is 2.60. The Labute approximate surface area is 268 Å². The SMILES string of the molecule is CC1=C(C)[C]([Ti+3])([Si](c2cccc(C(C)C)c2)(c2cccc(C(C)C)c2)c2cccc(C(C)C)c2)C=C1.[Cl-].[Cl-].[Cl-]. The minimum Gasteiger partial charge on any atom is -1.00 e. The van der Waals surface area contributed by atoms with Crippen LogP contribution in [0.1, 0.15) is 89.8 Å². The summed E-state index contributed by atoms with van der Waals surface area (Å²) in [4.78, 5) is 0. The molecular formula is C34H41Cl3SiTi. The number of hydrogen-bond acceptors (Lipinski definition) is 0. The minimum atomic E-state index is -2.60. The fourth-order valence-corrected chi connectivity index (χ4v) is 13.9. The molecule has 0 N–H and O–H groups in total. The zero-order valence-electron chi connectivity index (χ0n) is 24.4. The van der Waals surface area contributed by atoms with E-state index >= 15 is 0 Å². The molecule has 0 amide bonds. The van der Waals surface area contributed by atoms with Crippen LogP contribution in [0.4, 0.5) is 0 Å². The van der Waals surface area contributed by atoms with Gasteiger partial charge < -0.3 is 37.2 Å². The van der Waals surface area contributed by atoms with Gasteiger partial charge >= 0.3 is 233 Å². The molecule has 0 bridgehead atoms. The Morgan fingerprint density at radius 1 is 0.590 bits per heavy atom. The average Bonchev–Trinajstić information content (AvgIpc) is 3.13. The van der Waals surface area contributed by atoms with E-state index < -0.39 is 8.07 Å². The molecule has 0 fully saturated rings. The van der Waals surface area contributed by atoms with Crippen LogP contribution in [0.15, 0.2) is 96.1 Å². The molecule has 0 saturated carbocycles. The largest absolute Gasteiger partial charge is 1.00 e. The first-order chi connectivity index (χ1) is 17.0. The van der Waals surface area contributed by atoms with Gasteiger partial charge in [-0.3, -0.25) is 0 Å². The van der Waals surface area contributed by atoms with E-state index in [2.05, 4.69) is 161 Å². The molecule has 0 nitrogen and oxygen atoms in total. The van der Waals surface area contributed by atoms with Gasteiger partial charge in [-0.15, -0.1) is 0 Å². The summed E-state index contributed by atoms with van der Waals surface area (Å²) in [6.07, 6.45) is 4.91. The van der Waals surface area contributed by atoms with Gasteiger partial charge in [-0.05, 0) is 0 Å². The van der Waals surface area contributed by atoms with Gasteiger partial charge in [0.25, 0.3) is 0 Å². The van der Waals surface area contributed by atoms with Crippen molar-refractivity contribution in [3.8, 4) is 0 Å². The molecular weight excluding hydrogens is 591 g/mol. The normalized spacial score (nSPS) is 16.8. The van der Waals surface area contributed by atoms with Crippen molar-refractivity contribution in [2.75, 3.05) is 0 Å². The molecule has 0 spiro atoms. The molecule has 3 aromatic rings. The van der Waals surface area contributed by atoms with Crippen LogP contribution in [0, 0.1) is 0 Å². The number of rotatable bonds is 7. The zero-order valence-corrected chi connectivity index (χ0v) is 29.3. The summed E-state index contributed by atoms with van der Waals surface area (Å²) in [5, 5.41) is 4.53. The van der Waals surface area contributed by atoms with Gasteiger partial charge in [-0.1, -0.05) is 0 Å². The fraction of sp³-hybridized carbons (Fsp3) is 0.353. The third kappa shape index (κ3) is 6.40. The van der Waals surface area contributed by atoms with E-state index in [-0.39, 0.29) is 40.6 Å². The first kappa shape index (κ1) is 36.0. The maximum Gasteiger partial charge on any atom is -1.00 e. The molecule has 1 aliphatic carbocycles. The molecule has 0 radical (unpaired) electrons. The second-order valence-corrected chi connectivity index (χ2v) is 17.6.